The summed E-state index contributed by atoms with van der Waals surface area (Å²) in [5.74, 6) is 1.03. The van der Waals surface area contributed by atoms with Gasteiger partial charge < -0.3 is 5.73 Å². The highest BCUT2D eigenvalue weighted by atomic mass is 32.2. The van der Waals surface area contributed by atoms with Gasteiger partial charge in [-0.3, -0.25) is 0 Å². The molecule has 0 spiro atoms. The molecule has 0 radical (unpaired) electrons. The smallest absolute Gasteiger partial charge is 0.150 e. The van der Waals surface area contributed by atoms with Gasteiger partial charge in [0.05, 0.1) is 5.75 Å². The molecule has 0 aromatic heterocycles. The molecule has 1 aliphatic rings. The molecule has 3 nitrogen and oxygen atoms in total. The summed E-state index contributed by atoms with van der Waals surface area (Å²) in [4.78, 5) is 0. The topological polar surface area (TPSA) is 60.2 Å². The van der Waals surface area contributed by atoms with Crippen molar-refractivity contribution in [3.8, 4) is 0 Å². The summed E-state index contributed by atoms with van der Waals surface area (Å²) < 4.78 is 22.8. The fourth-order valence-corrected chi connectivity index (χ4v) is 4.06. The summed E-state index contributed by atoms with van der Waals surface area (Å²) in [6.07, 6.45) is 1.51. The minimum atomic E-state index is -2.83. The molecule has 0 aliphatic heterocycles. The van der Waals surface area contributed by atoms with E-state index >= 15 is 0 Å². The Kier molecular flexibility index (Phi) is 4.00. The standard InChI is InChI=1S/C13H27NO2S/c1-6-17(15,16)9-7-8-10(14)11-12(2,3)13(11,4)5/h10-11H,6-9,14H2,1-5H3. The van der Waals surface area contributed by atoms with Gasteiger partial charge >= 0.3 is 0 Å². The first kappa shape index (κ1) is 15.0. The Morgan fingerprint density at radius 3 is 2.00 bits per heavy atom. The van der Waals surface area contributed by atoms with E-state index in [4.69, 9.17) is 5.73 Å². The average Bonchev–Trinajstić information content (AvgIpc) is 2.57. The van der Waals surface area contributed by atoms with Crippen LogP contribution in [0.2, 0.25) is 0 Å². The van der Waals surface area contributed by atoms with Gasteiger partial charge in [0.25, 0.3) is 0 Å². The van der Waals surface area contributed by atoms with Crippen LogP contribution in [-0.2, 0) is 9.84 Å². The molecule has 0 amide bonds. The zero-order valence-corrected chi connectivity index (χ0v) is 12.6. The number of nitrogens with two attached hydrogens (primary N) is 1. The molecule has 1 atom stereocenters. The molecular formula is C13H27NO2S. The quantitative estimate of drug-likeness (QED) is 0.797. The molecule has 1 rings (SSSR count). The monoisotopic (exact) mass is 261 g/mol. The summed E-state index contributed by atoms with van der Waals surface area (Å²) in [7, 11) is -2.83. The largest absolute Gasteiger partial charge is 0.327 e. The highest BCUT2D eigenvalue weighted by molar-refractivity contribution is 7.91. The third kappa shape index (κ3) is 2.84. The van der Waals surface area contributed by atoms with Gasteiger partial charge in [0, 0.05) is 11.8 Å². The van der Waals surface area contributed by atoms with Crippen LogP contribution in [0.5, 0.6) is 0 Å². The van der Waals surface area contributed by atoms with Crippen molar-refractivity contribution in [3.63, 3.8) is 0 Å². The molecule has 4 heteroatoms. The van der Waals surface area contributed by atoms with Gasteiger partial charge in [-0.2, -0.15) is 0 Å². The van der Waals surface area contributed by atoms with Crippen molar-refractivity contribution >= 4 is 9.84 Å². The lowest BCUT2D eigenvalue weighted by Gasteiger charge is -2.13. The van der Waals surface area contributed by atoms with Gasteiger partial charge in [-0.05, 0) is 29.6 Å². The predicted molar refractivity (Wildman–Crippen MR) is 72.6 cm³/mol. The van der Waals surface area contributed by atoms with Crippen molar-refractivity contribution in [1.82, 2.24) is 0 Å². The molecule has 1 unspecified atom stereocenters. The Balaban J connectivity index is 2.41. The van der Waals surface area contributed by atoms with Gasteiger partial charge in [0.1, 0.15) is 9.84 Å². The van der Waals surface area contributed by atoms with E-state index in [1.165, 1.54) is 0 Å². The predicted octanol–water partition coefficient (Wildman–Crippen LogP) is 2.21. The van der Waals surface area contributed by atoms with Gasteiger partial charge in [0.15, 0.2) is 0 Å². The first-order chi connectivity index (χ1) is 7.56. The van der Waals surface area contributed by atoms with Crippen LogP contribution in [0.4, 0.5) is 0 Å². The number of hydrogen-bond acceptors (Lipinski definition) is 3. The van der Waals surface area contributed by atoms with Gasteiger partial charge in [0.2, 0.25) is 0 Å². The Morgan fingerprint density at radius 2 is 1.65 bits per heavy atom. The van der Waals surface area contributed by atoms with E-state index in [2.05, 4.69) is 27.7 Å². The Labute approximate surface area is 106 Å². The second-order valence-corrected chi connectivity index (χ2v) is 8.94. The lowest BCUT2D eigenvalue weighted by molar-refractivity contribution is 0.453. The van der Waals surface area contributed by atoms with Crippen molar-refractivity contribution in [2.45, 2.75) is 53.5 Å². The van der Waals surface area contributed by atoms with Crippen molar-refractivity contribution in [3.05, 3.63) is 0 Å². The lowest BCUT2D eigenvalue weighted by atomic mass is 10.0. The van der Waals surface area contributed by atoms with E-state index < -0.39 is 9.84 Å². The third-order valence-corrected chi connectivity index (χ3v) is 6.78. The first-order valence-electron chi connectivity index (χ1n) is 6.52. The van der Waals surface area contributed by atoms with E-state index in [1.54, 1.807) is 6.92 Å². The van der Waals surface area contributed by atoms with Crippen LogP contribution in [0.15, 0.2) is 0 Å². The number of hydrogen-bond donors (Lipinski definition) is 1. The molecule has 2 N–H and O–H groups in total. The zero-order valence-electron chi connectivity index (χ0n) is 11.8. The van der Waals surface area contributed by atoms with Crippen LogP contribution in [0.25, 0.3) is 0 Å². The van der Waals surface area contributed by atoms with Crippen LogP contribution in [0.1, 0.15) is 47.5 Å². The van der Waals surface area contributed by atoms with Crippen molar-refractivity contribution < 1.29 is 8.42 Å². The highest BCUT2D eigenvalue weighted by Gasteiger charge is 2.66. The van der Waals surface area contributed by atoms with Crippen LogP contribution in [0, 0.1) is 16.7 Å². The molecule has 102 valence electrons. The summed E-state index contributed by atoms with van der Waals surface area (Å²) >= 11 is 0. The summed E-state index contributed by atoms with van der Waals surface area (Å²) in [5.41, 5.74) is 6.78. The molecule has 0 saturated heterocycles. The average molecular weight is 261 g/mol. The zero-order chi connectivity index (χ0) is 13.5. The summed E-state index contributed by atoms with van der Waals surface area (Å²) in [5, 5.41) is 0. The number of rotatable bonds is 6. The minimum Gasteiger partial charge on any atom is -0.327 e. The van der Waals surface area contributed by atoms with E-state index in [-0.39, 0.29) is 28.4 Å². The van der Waals surface area contributed by atoms with Crippen LogP contribution < -0.4 is 5.73 Å². The maximum Gasteiger partial charge on any atom is 0.150 e. The van der Waals surface area contributed by atoms with E-state index in [9.17, 15) is 8.42 Å². The molecule has 0 aromatic rings. The van der Waals surface area contributed by atoms with Crippen LogP contribution >= 0.6 is 0 Å². The fourth-order valence-electron chi connectivity index (χ4n) is 3.17. The molecule has 1 saturated carbocycles. The molecule has 0 heterocycles. The van der Waals surface area contributed by atoms with Crippen molar-refractivity contribution in [2.75, 3.05) is 11.5 Å². The molecule has 1 aliphatic carbocycles. The van der Waals surface area contributed by atoms with Crippen molar-refractivity contribution in [1.29, 1.82) is 0 Å². The van der Waals surface area contributed by atoms with Crippen LogP contribution in [0.3, 0.4) is 0 Å². The van der Waals surface area contributed by atoms with Crippen LogP contribution in [-0.4, -0.2) is 26.0 Å². The minimum absolute atomic E-state index is 0.132. The first-order valence-corrected chi connectivity index (χ1v) is 8.34. The molecule has 0 bridgehead atoms. The normalized spacial score (nSPS) is 24.6. The Hall–Kier alpha value is -0.0900. The maximum absolute atomic E-state index is 11.4. The second kappa shape index (κ2) is 4.54. The molecule has 1 fully saturated rings. The van der Waals surface area contributed by atoms with E-state index in [0.717, 1.165) is 6.42 Å². The van der Waals surface area contributed by atoms with Gasteiger partial charge in [-0.25, -0.2) is 8.42 Å². The van der Waals surface area contributed by atoms with Gasteiger partial charge in [-0.15, -0.1) is 0 Å². The van der Waals surface area contributed by atoms with Gasteiger partial charge in [-0.1, -0.05) is 34.6 Å². The van der Waals surface area contributed by atoms with Crippen molar-refractivity contribution in [2.24, 2.45) is 22.5 Å². The fraction of sp³-hybridized carbons (Fsp3) is 1.00. The third-order valence-electron chi connectivity index (χ3n) is 4.99. The van der Waals surface area contributed by atoms with E-state index in [0.29, 0.717) is 12.3 Å². The number of sulfone groups is 1. The highest BCUT2D eigenvalue weighted by Crippen LogP contribution is 2.69. The molecular weight excluding hydrogens is 234 g/mol. The second-order valence-electron chi connectivity index (χ2n) is 6.46. The summed E-state index contributed by atoms with van der Waals surface area (Å²) in [6, 6.07) is 0.132. The lowest BCUT2D eigenvalue weighted by Crippen LogP contribution is -2.26. The summed E-state index contributed by atoms with van der Waals surface area (Å²) in [6.45, 7) is 10.7. The Morgan fingerprint density at radius 1 is 1.18 bits per heavy atom. The maximum atomic E-state index is 11.4. The SMILES string of the molecule is CCS(=O)(=O)CCCC(N)C1C(C)(C)C1(C)C. The Bertz CT molecular complexity index is 357. The molecule has 17 heavy (non-hydrogen) atoms. The molecule has 0 aromatic carbocycles. The van der Waals surface area contributed by atoms with E-state index in [1.807, 2.05) is 0 Å².